The molecule has 3 aromatic rings. The number of hydrogen-bond donors (Lipinski definition) is 0. The summed E-state index contributed by atoms with van der Waals surface area (Å²) in [5, 5.41) is 1.27. The van der Waals surface area contributed by atoms with Gasteiger partial charge in [0.2, 0.25) is 11.2 Å². The number of aryl methyl sites for hydroxylation is 1. The Morgan fingerprint density at radius 1 is 0.706 bits per heavy atom. The Morgan fingerprint density at radius 2 is 1.41 bits per heavy atom. The lowest BCUT2D eigenvalue weighted by atomic mass is 10.1. The van der Waals surface area contributed by atoms with Gasteiger partial charge in [-0.3, -0.25) is 0 Å². The normalized spacial score (nSPS) is 10.6. The second-order valence-corrected chi connectivity index (χ2v) is 4.20. The largest absolute Gasteiger partial charge is 0.212 e. The molecule has 0 radical (unpaired) electrons. The molecule has 0 amide bonds. The lowest BCUT2D eigenvalue weighted by molar-refractivity contribution is -0.633. The third-order valence-electron chi connectivity index (χ3n) is 3.15. The molecule has 0 aliphatic rings. The summed E-state index contributed by atoms with van der Waals surface area (Å²) in [6, 6.07) is 23.3. The SMILES string of the molecule is C[n+]1c(-c2ccccc2)ccc2ccccc21. The van der Waals surface area contributed by atoms with Gasteiger partial charge in [-0.1, -0.05) is 30.3 Å². The zero-order chi connectivity index (χ0) is 11.7. The van der Waals surface area contributed by atoms with Crippen LogP contribution in [0.1, 0.15) is 0 Å². The van der Waals surface area contributed by atoms with Crippen LogP contribution in [-0.2, 0) is 7.05 Å². The van der Waals surface area contributed by atoms with E-state index in [0.29, 0.717) is 0 Å². The zero-order valence-corrected chi connectivity index (χ0v) is 9.80. The summed E-state index contributed by atoms with van der Waals surface area (Å²) in [5.74, 6) is 0. The number of benzene rings is 2. The fourth-order valence-corrected chi connectivity index (χ4v) is 2.24. The fourth-order valence-electron chi connectivity index (χ4n) is 2.24. The van der Waals surface area contributed by atoms with Crippen molar-refractivity contribution >= 4 is 10.9 Å². The molecule has 0 aliphatic heterocycles. The number of aromatic nitrogens is 1. The van der Waals surface area contributed by atoms with Crippen LogP contribution in [0.15, 0.2) is 66.7 Å². The molecule has 0 N–H and O–H groups in total. The average molecular weight is 220 g/mol. The molecule has 82 valence electrons. The van der Waals surface area contributed by atoms with Crippen LogP contribution in [0.3, 0.4) is 0 Å². The summed E-state index contributed by atoms with van der Waals surface area (Å²) in [4.78, 5) is 0. The number of pyridine rings is 1. The van der Waals surface area contributed by atoms with Crippen molar-refractivity contribution in [3.05, 3.63) is 66.7 Å². The van der Waals surface area contributed by atoms with Crippen molar-refractivity contribution in [2.24, 2.45) is 7.05 Å². The van der Waals surface area contributed by atoms with E-state index in [1.54, 1.807) is 0 Å². The van der Waals surface area contributed by atoms with E-state index in [-0.39, 0.29) is 0 Å². The Morgan fingerprint density at radius 3 is 2.24 bits per heavy atom. The highest BCUT2D eigenvalue weighted by atomic mass is 14.9. The fraction of sp³-hybridized carbons (Fsp3) is 0.0625. The van der Waals surface area contributed by atoms with Crippen LogP contribution in [0, 0.1) is 0 Å². The van der Waals surface area contributed by atoms with Gasteiger partial charge in [-0.2, -0.15) is 4.57 Å². The topological polar surface area (TPSA) is 3.88 Å². The van der Waals surface area contributed by atoms with Crippen molar-refractivity contribution in [3.8, 4) is 11.3 Å². The number of fused-ring (bicyclic) bond motifs is 1. The van der Waals surface area contributed by atoms with E-state index < -0.39 is 0 Å². The zero-order valence-electron chi connectivity index (χ0n) is 9.80. The molecular formula is C16H14N+. The molecule has 0 saturated heterocycles. The standard InChI is InChI=1S/C16H14N/c1-17-15-10-6-5-9-14(15)11-12-16(17)13-7-3-2-4-8-13/h2-12H,1H3/q+1. The molecule has 0 fully saturated rings. The van der Waals surface area contributed by atoms with Crippen LogP contribution in [0.2, 0.25) is 0 Å². The van der Waals surface area contributed by atoms with Crippen molar-refractivity contribution in [3.63, 3.8) is 0 Å². The van der Waals surface area contributed by atoms with Gasteiger partial charge in [-0.15, -0.1) is 0 Å². The summed E-state index contributed by atoms with van der Waals surface area (Å²) in [7, 11) is 2.12. The van der Waals surface area contributed by atoms with E-state index in [9.17, 15) is 0 Å². The molecule has 17 heavy (non-hydrogen) atoms. The molecule has 0 unspecified atom stereocenters. The second kappa shape index (κ2) is 4.02. The van der Waals surface area contributed by atoms with Crippen LogP contribution >= 0.6 is 0 Å². The van der Waals surface area contributed by atoms with Gasteiger partial charge < -0.3 is 0 Å². The number of rotatable bonds is 1. The maximum Gasteiger partial charge on any atom is 0.212 e. The van der Waals surface area contributed by atoms with E-state index in [2.05, 4.69) is 72.3 Å². The Labute approximate surface area is 101 Å². The molecule has 1 aromatic heterocycles. The van der Waals surface area contributed by atoms with Gasteiger partial charge >= 0.3 is 0 Å². The maximum absolute atomic E-state index is 2.24. The molecule has 0 aliphatic carbocycles. The molecule has 2 aromatic carbocycles. The first-order chi connectivity index (χ1) is 8.36. The molecule has 1 nitrogen and oxygen atoms in total. The van der Waals surface area contributed by atoms with Crippen LogP contribution in [0.25, 0.3) is 22.2 Å². The second-order valence-electron chi connectivity index (χ2n) is 4.20. The molecule has 1 heterocycles. The van der Waals surface area contributed by atoms with Gasteiger partial charge in [-0.25, -0.2) is 0 Å². The molecule has 0 spiro atoms. The summed E-state index contributed by atoms with van der Waals surface area (Å²) in [5.41, 5.74) is 3.75. The molecule has 3 rings (SSSR count). The third-order valence-corrected chi connectivity index (χ3v) is 3.15. The predicted molar refractivity (Wildman–Crippen MR) is 70.6 cm³/mol. The summed E-state index contributed by atoms with van der Waals surface area (Å²) in [6.45, 7) is 0. The van der Waals surface area contributed by atoms with Gasteiger partial charge in [0.25, 0.3) is 0 Å². The van der Waals surface area contributed by atoms with Crippen molar-refractivity contribution in [2.45, 2.75) is 0 Å². The number of para-hydroxylation sites is 1. The van der Waals surface area contributed by atoms with Crippen LogP contribution in [-0.4, -0.2) is 0 Å². The highest BCUT2D eigenvalue weighted by Gasteiger charge is 2.12. The first kappa shape index (κ1) is 10.0. The molecular weight excluding hydrogens is 206 g/mol. The summed E-state index contributed by atoms with van der Waals surface area (Å²) in [6.07, 6.45) is 0. The quantitative estimate of drug-likeness (QED) is 0.554. The lowest BCUT2D eigenvalue weighted by Crippen LogP contribution is -2.31. The minimum atomic E-state index is 1.24. The highest BCUT2D eigenvalue weighted by molar-refractivity contribution is 5.77. The first-order valence-corrected chi connectivity index (χ1v) is 5.79. The van der Waals surface area contributed by atoms with E-state index >= 15 is 0 Å². The molecule has 1 heteroatoms. The third kappa shape index (κ3) is 1.70. The van der Waals surface area contributed by atoms with Crippen LogP contribution in [0.4, 0.5) is 0 Å². The van der Waals surface area contributed by atoms with Gasteiger partial charge in [0.05, 0.1) is 0 Å². The minimum Gasteiger partial charge on any atom is -0.194 e. The highest BCUT2D eigenvalue weighted by Crippen LogP contribution is 2.18. The van der Waals surface area contributed by atoms with Gasteiger partial charge in [0.1, 0.15) is 7.05 Å². The Hall–Kier alpha value is -2.15. The lowest BCUT2D eigenvalue weighted by Gasteiger charge is -2.03. The smallest absolute Gasteiger partial charge is 0.194 e. The molecule has 0 atom stereocenters. The van der Waals surface area contributed by atoms with E-state index in [0.717, 1.165) is 0 Å². The van der Waals surface area contributed by atoms with Crippen molar-refractivity contribution < 1.29 is 4.57 Å². The van der Waals surface area contributed by atoms with E-state index in [1.807, 2.05) is 6.07 Å². The van der Waals surface area contributed by atoms with Crippen LogP contribution < -0.4 is 4.57 Å². The Bertz CT molecular complexity index is 657. The number of hydrogen-bond acceptors (Lipinski definition) is 0. The summed E-state index contributed by atoms with van der Waals surface area (Å²) < 4.78 is 2.24. The van der Waals surface area contributed by atoms with Gasteiger partial charge in [0.15, 0.2) is 0 Å². The maximum atomic E-state index is 2.24. The first-order valence-electron chi connectivity index (χ1n) is 5.79. The molecule has 0 saturated carbocycles. The van der Waals surface area contributed by atoms with E-state index in [1.165, 1.54) is 22.2 Å². The summed E-state index contributed by atoms with van der Waals surface area (Å²) >= 11 is 0. The Balaban J connectivity index is 2.29. The van der Waals surface area contributed by atoms with Gasteiger partial charge in [-0.05, 0) is 24.3 Å². The Kier molecular flexibility index (Phi) is 2.37. The van der Waals surface area contributed by atoms with Crippen LogP contribution in [0.5, 0.6) is 0 Å². The minimum absolute atomic E-state index is 1.24. The monoisotopic (exact) mass is 220 g/mol. The van der Waals surface area contributed by atoms with Crippen molar-refractivity contribution in [2.75, 3.05) is 0 Å². The predicted octanol–water partition coefficient (Wildman–Crippen LogP) is 3.33. The number of nitrogens with zero attached hydrogens (tertiary/aromatic N) is 1. The average Bonchev–Trinajstić information content (AvgIpc) is 2.40. The molecule has 0 bridgehead atoms. The van der Waals surface area contributed by atoms with Gasteiger partial charge in [0, 0.05) is 23.1 Å². The van der Waals surface area contributed by atoms with Crippen molar-refractivity contribution in [1.29, 1.82) is 0 Å². The van der Waals surface area contributed by atoms with E-state index in [4.69, 9.17) is 0 Å². The van der Waals surface area contributed by atoms with Crippen molar-refractivity contribution in [1.82, 2.24) is 0 Å².